The number of rotatable bonds is 0. The molecule has 2 nitrogen and oxygen atoms in total. The van der Waals surface area contributed by atoms with Gasteiger partial charge in [0.05, 0.1) is 10.0 Å². The van der Waals surface area contributed by atoms with Crippen molar-refractivity contribution < 1.29 is 0 Å². The summed E-state index contributed by atoms with van der Waals surface area (Å²) >= 11 is 10.9. The first kappa shape index (κ1) is 6.65. The Kier molecular flexibility index (Phi) is 1.78. The van der Waals surface area contributed by atoms with Crippen molar-refractivity contribution in [1.29, 1.82) is 0 Å². The predicted molar refractivity (Wildman–Crippen MR) is 37.5 cm³/mol. The minimum absolute atomic E-state index is 0.251. The van der Waals surface area contributed by atoms with Gasteiger partial charge < -0.3 is 5.73 Å². The van der Waals surface area contributed by atoms with Gasteiger partial charge in [0.25, 0.3) is 0 Å². The summed E-state index contributed by atoms with van der Waals surface area (Å²) < 4.78 is 0. The molecule has 0 aromatic carbocycles. The molecule has 9 heavy (non-hydrogen) atoms. The molecule has 0 spiro atoms. The van der Waals surface area contributed by atoms with E-state index in [0.717, 1.165) is 0 Å². The quantitative estimate of drug-likeness (QED) is 0.631. The molecule has 0 aliphatic heterocycles. The van der Waals surface area contributed by atoms with Crippen LogP contribution in [0.2, 0.25) is 10.0 Å². The largest absolute Gasteiger partial charge is 0.382 e. The topological polar surface area (TPSA) is 38.9 Å². The van der Waals surface area contributed by atoms with Gasteiger partial charge in [-0.1, -0.05) is 23.2 Å². The van der Waals surface area contributed by atoms with E-state index in [4.69, 9.17) is 28.9 Å². The van der Waals surface area contributed by atoms with E-state index >= 15 is 0 Å². The molecule has 1 aromatic rings. The Balaban J connectivity index is 3.17. The van der Waals surface area contributed by atoms with Crippen LogP contribution in [0.1, 0.15) is 0 Å². The van der Waals surface area contributed by atoms with E-state index in [1.807, 2.05) is 0 Å². The minimum Gasteiger partial charge on any atom is -0.382 e. The van der Waals surface area contributed by atoms with Gasteiger partial charge >= 0.3 is 0 Å². The van der Waals surface area contributed by atoms with Crippen molar-refractivity contribution in [3.05, 3.63) is 22.3 Å². The van der Waals surface area contributed by atoms with E-state index in [2.05, 4.69) is 11.1 Å². The van der Waals surface area contributed by atoms with Crippen LogP contribution in [0.3, 0.4) is 0 Å². The van der Waals surface area contributed by atoms with E-state index in [1.54, 1.807) is 0 Å². The summed E-state index contributed by atoms with van der Waals surface area (Å²) in [6.45, 7) is 0. The van der Waals surface area contributed by atoms with Crippen LogP contribution in [0.15, 0.2) is 6.20 Å². The maximum Gasteiger partial charge on any atom is 0.142 e. The van der Waals surface area contributed by atoms with Crippen LogP contribution in [0.25, 0.3) is 0 Å². The molecule has 0 amide bonds. The van der Waals surface area contributed by atoms with Crippen molar-refractivity contribution in [1.82, 2.24) is 4.98 Å². The van der Waals surface area contributed by atoms with E-state index in [9.17, 15) is 0 Å². The summed E-state index contributed by atoms with van der Waals surface area (Å²) in [7, 11) is 0. The van der Waals surface area contributed by atoms with Crippen molar-refractivity contribution in [3.63, 3.8) is 0 Å². The van der Waals surface area contributed by atoms with Crippen molar-refractivity contribution >= 4 is 29.0 Å². The summed E-state index contributed by atoms with van der Waals surface area (Å²) in [5.74, 6) is 0.251. The third-order valence-electron chi connectivity index (χ3n) is 0.771. The lowest BCUT2D eigenvalue weighted by molar-refractivity contribution is 1.33. The zero-order valence-corrected chi connectivity index (χ0v) is 5.87. The smallest absolute Gasteiger partial charge is 0.142 e. The van der Waals surface area contributed by atoms with Crippen LogP contribution in [-0.2, 0) is 0 Å². The maximum atomic E-state index is 5.49. The summed E-state index contributed by atoms with van der Waals surface area (Å²) in [5.41, 5.74) is 5.26. The fourth-order valence-corrected chi connectivity index (χ4v) is 0.726. The SMILES string of the molecule is Nc1ncc(Cl)[c]c1Cl. The molecular formula is C5H3Cl2N2. The number of nitrogens with two attached hydrogens (primary N) is 1. The number of halogens is 2. The number of anilines is 1. The molecule has 0 saturated carbocycles. The summed E-state index contributed by atoms with van der Waals surface area (Å²) in [5, 5.41) is 0.636. The second kappa shape index (κ2) is 2.42. The highest BCUT2D eigenvalue weighted by Crippen LogP contribution is 2.18. The molecule has 2 N–H and O–H groups in total. The Morgan fingerprint density at radius 1 is 1.56 bits per heavy atom. The fourth-order valence-electron chi connectivity index (χ4n) is 0.384. The van der Waals surface area contributed by atoms with Crippen LogP contribution in [0, 0.1) is 6.07 Å². The zero-order chi connectivity index (χ0) is 6.85. The second-order valence-electron chi connectivity index (χ2n) is 1.43. The number of nitrogens with zero attached hydrogens (tertiary/aromatic N) is 1. The number of nitrogen functional groups attached to an aromatic ring is 1. The molecule has 0 saturated heterocycles. The van der Waals surface area contributed by atoms with Crippen molar-refractivity contribution in [3.8, 4) is 0 Å². The molecular weight excluding hydrogens is 159 g/mol. The van der Waals surface area contributed by atoms with Crippen molar-refractivity contribution in [2.24, 2.45) is 0 Å². The highest BCUT2D eigenvalue weighted by molar-refractivity contribution is 6.35. The molecule has 0 fully saturated rings. The number of hydrogen-bond acceptors (Lipinski definition) is 2. The molecule has 1 radical (unpaired) electrons. The lowest BCUT2D eigenvalue weighted by atomic mass is 10.5. The zero-order valence-electron chi connectivity index (χ0n) is 4.36. The normalized spacial score (nSPS) is 9.56. The highest BCUT2D eigenvalue weighted by Gasteiger charge is 1.96. The Morgan fingerprint density at radius 2 is 2.22 bits per heavy atom. The van der Waals surface area contributed by atoms with E-state index in [-0.39, 0.29) is 10.8 Å². The Bertz CT molecular complexity index is 224. The minimum atomic E-state index is 0.251. The Labute approximate surface area is 62.6 Å². The van der Waals surface area contributed by atoms with Crippen LogP contribution < -0.4 is 5.73 Å². The van der Waals surface area contributed by atoms with Crippen LogP contribution in [0.5, 0.6) is 0 Å². The van der Waals surface area contributed by atoms with Gasteiger partial charge in [0.1, 0.15) is 5.82 Å². The van der Waals surface area contributed by atoms with Gasteiger partial charge in [0.2, 0.25) is 0 Å². The summed E-state index contributed by atoms with van der Waals surface area (Å²) in [6, 6.07) is 2.58. The van der Waals surface area contributed by atoms with Crippen molar-refractivity contribution in [2.75, 3.05) is 5.73 Å². The van der Waals surface area contributed by atoms with Crippen LogP contribution in [0.4, 0.5) is 5.82 Å². The maximum absolute atomic E-state index is 5.49. The molecule has 0 unspecified atom stereocenters. The third-order valence-corrected chi connectivity index (χ3v) is 1.25. The lowest BCUT2D eigenvalue weighted by Crippen LogP contribution is -1.89. The second-order valence-corrected chi connectivity index (χ2v) is 2.22. The van der Waals surface area contributed by atoms with E-state index < -0.39 is 0 Å². The van der Waals surface area contributed by atoms with E-state index in [1.165, 1.54) is 6.20 Å². The van der Waals surface area contributed by atoms with Gasteiger partial charge in [-0.2, -0.15) is 0 Å². The van der Waals surface area contributed by atoms with E-state index in [0.29, 0.717) is 5.02 Å². The van der Waals surface area contributed by atoms with Gasteiger partial charge in [0, 0.05) is 12.3 Å². The lowest BCUT2D eigenvalue weighted by Gasteiger charge is -1.93. The first-order valence-electron chi connectivity index (χ1n) is 2.19. The first-order valence-corrected chi connectivity index (χ1v) is 2.94. The van der Waals surface area contributed by atoms with Gasteiger partial charge in [0.15, 0.2) is 0 Å². The molecule has 47 valence electrons. The third kappa shape index (κ3) is 1.47. The van der Waals surface area contributed by atoms with Gasteiger partial charge in [-0.15, -0.1) is 0 Å². The van der Waals surface area contributed by atoms with Gasteiger partial charge in [-0.3, -0.25) is 0 Å². The Hall–Kier alpha value is -0.470. The fraction of sp³-hybridized carbons (Fsp3) is 0. The molecule has 4 heteroatoms. The standard InChI is InChI=1S/C5H3Cl2N2/c6-3-1-4(7)5(8)9-2-3/h2H,(H2,8,9). The number of pyridine rings is 1. The van der Waals surface area contributed by atoms with Crippen LogP contribution in [-0.4, -0.2) is 4.98 Å². The number of hydrogen-bond donors (Lipinski definition) is 1. The summed E-state index contributed by atoms with van der Waals surface area (Å²) in [6.07, 6.45) is 1.39. The average Bonchev–Trinajstić information content (AvgIpc) is 1.80. The molecule has 1 heterocycles. The molecule has 0 aliphatic rings. The average molecular weight is 162 g/mol. The summed E-state index contributed by atoms with van der Waals surface area (Å²) in [4.78, 5) is 3.66. The monoisotopic (exact) mass is 161 g/mol. The number of aromatic nitrogens is 1. The van der Waals surface area contributed by atoms with Crippen LogP contribution >= 0.6 is 23.2 Å². The molecule has 0 aliphatic carbocycles. The highest BCUT2D eigenvalue weighted by atomic mass is 35.5. The molecule has 0 atom stereocenters. The van der Waals surface area contributed by atoms with Gasteiger partial charge in [-0.05, 0) is 0 Å². The van der Waals surface area contributed by atoms with Gasteiger partial charge in [-0.25, -0.2) is 4.98 Å². The molecule has 1 rings (SSSR count). The Morgan fingerprint density at radius 3 is 2.67 bits per heavy atom. The predicted octanol–water partition coefficient (Wildman–Crippen LogP) is 1.77. The first-order chi connectivity index (χ1) is 4.20. The van der Waals surface area contributed by atoms with Crippen molar-refractivity contribution in [2.45, 2.75) is 0 Å². The molecule has 0 bridgehead atoms. The molecule has 1 aromatic heterocycles.